The summed E-state index contributed by atoms with van der Waals surface area (Å²) < 4.78 is 0. The summed E-state index contributed by atoms with van der Waals surface area (Å²) in [5.41, 5.74) is 1.10. The van der Waals surface area contributed by atoms with Gasteiger partial charge in [0.05, 0.1) is 5.69 Å². The van der Waals surface area contributed by atoms with Gasteiger partial charge < -0.3 is 10.6 Å². The molecule has 0 atom stereocenters. The molecule has 0 aliphatic rings. The molecule has 0 bridgehead atoms. The SMILES string of the molecule is CCCNc1cccnc1NCCC. The van der Waals surface area contributed by atoms with E-state index in [4.69, 9.17) is 0 Å². The third kappa shape index (κ3) is 3.24. The zero-order valence-corrected chi connectivity index (χ0v) is 9.01. The summed E-state index contributed by atoms with van der Waals surface area (Å²) in [4.78, 5) is 4.30. The van der Waals surface area contributed by atoms with Crippen LogP contribution in [0.4, 0.5) is 11.5 Å². The van der Waals surface area contributed by atoms with Gasteiger partial charge in [-0.25, -0.2) is 4.98 Å². The Hall–Kier alpha value is -1.25. The van der Waals surface area contributed by atoms with E-state index < -0.39 is 0 Å². The van der Waals surface area contributed by atoms with E-state index in [-0.39, 0.29) is 0 Å². The zero-order chi connectivity index (χ0) is 10.2. The first-order valence-electron chi connectivity index (χ1n) is 5.31. The quantitative estimate of drug-likeness (QED) is 0.729. The number of nitrogens with zero attached hydrogens (tertiary/aromatic N) is 1. The molecule has 1 heterocycles. The highest BCUT2D eigenvalue weighted by Crippen LogP contribution is 2.17. The van der Waals surface area contributed by atoms with Crippen LogP contribution >= 0.6 is 0 Å². The minimum atomic E-state index is 0.961. The van der Waals surface area contributed by atoms with Gasteiger partial charge in [0.2, 0.25) is 0 Å². The van der Waals surface area contributed by atoms with E-state index >= 15 is 0 Å². The van der Waals surface area contributed by atoms with E-state index in [1.54, 1.807) is 0 Å². The van der Waals surface area contributed by atoms with Crippen LogP contribution in [-0.4, -0.2) is 18.1 Å². The van der Waals surface area contributed by atoms with Gasteiger partial charge in [-0.05, 0) is 25.0 Å². The normalized spacial score (nSPS) is 9.86. The summed E-state index contributed by atoms with van der Waals surface area (Å²) in [6.45, 7) is 6.27. The van der Waals surface area contributed by atoms with Crippen molar-refractivity contribution in [3.05, 3.63) is 18.3 Å². The van der Waals surface area contributed by atoms with Crippen LogP contribution in [0.2, 0.25) is 0 Å². The monoisotopic (exact) mass is 193 g/mol. The molecule has 0 unspecified atom stereocenters. The number of anilines is 2. The van der Waals surface area contributed by atoms with Crippen molar-refractivity contribution in [3.8, 4) is 0 Å². The molecule has 0 aliphatic heterocycles. The van der Waals surface area contributed by atoms with Gasteiger partial charge in [-0.15, -0.1) is 0 Å². The maximum absolute atomic E-state index is 4.30. The highest BCUT2D eigenvalue weighted by atomic mass is 15.0. The Morgan fingerprint density at radius 2 is 1.86 bits per heavy atom. The number of aromatic nitrogens is 1. The van der Waals surface area contributed by atoms with E-state index in [9.17, 15) is 0 Å². The number of hydrogen-bond donors (Lipinski definition) is 2. The molecule has 0 fully saturated rings. The summed E-state index contributed by atoms with van der Waals surface area (Å²) in [6, 6.07) is 4.01. The molecular weight excluding hydrogens is 174 g/mol. The van der Waals surface area contributed by atoms with E-state index in [2.05, 4.69) is 35.5 Å². The smallest absolute Gasteiger partial charge is 0.149 e. The minimum absolute atomic E-state index is 0.961. The molecule has 14 heavy (non-hydrogen) atoms. The van der Waals surface area contributed by atoms with E-state index in [1.165, 1.54) is 0 Å². The van der Waals surface area contributed by atoms with Crippen molar-refractivity contribution < 1.29 is 0 Å². The van der Waals surface area contributed by atoms with E-state index in [1.807, 2.05) is 12.3 Å². The number of nitrogens with one attached hydrogen (secondary N) is 2. The Kier molecular flexibility index (Phi) is 4.83. The van der Waals surface area contributed by atoms with Crippen LogP contribution in [0.15, 0.2) is 18.3 Å². The first-order valence-corrected chi connectivity index (χ1v) is 5.31. The van der Waals surface area contributed by atoms with Crippen LogP contribution in [0.25, 0.3) is 0 Å². The van der Waals surface area contributed by atoms with Gasteiger partial charge in [-0.3, -0.25) is 0 Å². The molecule has 2 N–H and O–H groups in total. The largest absolute Gasteiger partial charge is 0.382 e. The lowest BCUT2D eigenvalue weighted by atomic mass is 10.3. The lowest BCUT2D eigenvalue weighted by Gasteiger charge is -2.11. The van der Waals surface area contributed by atoms with Gasteiger partial charge >= 0.3 is 0 Å². The second kappa shape index (κ2) is 6.24. The topological polar surface area (TPSA) is 37.0 Å². The third-order valence-electron chi connectivity index (χ3n) is 1.92. The molecule has 0 spiro atoms. The Bertz CT molecular complexity index is 233. The van der Waals surface area contributed by atoms with Crippen LogP contribution < -0.4 is 10.6 Å². The second-order valence-corrected chi connectivity index (χ2v) is 3.25. The third-order valence-corrected chi connectivity index (χ3v) is 1.92. The van der Waals surface area contributed by atoms with Gasteiger partial charge in [-0.2, -0.15) is 0 Å². The standard InChI is InChI=1S/C11H19N3/c1-3-7-12-10-6-5-9-14-11(10)13-8-4-2/h5-6,9,12H,3-4,7-8H2,1-2H3,(H,13,14). The molecule has 1 aromatic rings. The Balaban J connectivity index is 2.60. The molecule has 0 aliphatic carbocycles. The summed E-state index contributed by atoms with van der Waals surface area (Å²) in [7, 11) is 0. The van der Waals surface area contributed by atoms with Crippen molar-refractivity contribution >= 4 is 11.5 Å². The van der Waals surface area contributed by atoms with Gasteiger partial charge in [-0.1, -0.05) is 13.8 Å². The van der Waals surface area contributed by atoms with E-state index in [0.29, 0.717) is 0 Å². The Morgan fingerprint density at radius 1 is 1.14 bits per heavy atom. The van der Waals surface area contributed by atoms with Gasteiger partial charge in [0.1, 0.15) is 5.82 Å². The maximum Gasteiger partial charge on any atom is 0.149 e. The predicted molar refractivity (Wildman–Crippen MR) is 61.8 cm³/mol. The summed E-state index contributed by atoms with van der Waals surface area (Å²) in [6.07, 6.45) is 4.06. The molecule has 3 nitrogen and oxygen atoms in total. The van der Waals surface area contributed by atoms with Crippen LogP contribution in [0.1, 0.15) is 26.7 Å². The van der Waals surface area contributed by atoms with Crippen LogP contribution in [0.3, 0.4) is 0 Å². The van der Waals surface area contributed by atoms with Crippen molar-refractivity contribution in [2.24, 2.45) is 0 Å². The van der Waals surface area contributed by atoms with Crippen molar-refractivity contribution in [2.45, 2.75) is 26.7 Å². The lowest BCUT2D eigenvalue weighted by Crippen LogP contribution is -2.07. The number of pyridine rings is 1. The maximum atomic E-state index is 4.30. The van der Waals surface area contributed by atoms with Gasteiger partial charge in [0.25, 0.3) is 0 Å². The van der Waals surface area contributed by atoms with Gasteiger partial charge in [0.15, 0.2) is 0 Å². The molecule has 0 aromatic carbocycles. The van der Waals surface area contributed by atoms with Crippen LogP contribution in [0.5, 0.6) is 0 Å². The molecule has 78 valence electrons. The average Bonchev–Trinajstić information content (AvgIpc) is 2.24. The number of hydrogen-bond acceptors (Lipinski definition) is 3. The second-order valence-electron chi connectivity index (χ2n) is 3.25. The van der Waals surface area contributed by atoms with Crippen LogP contribution in [-0.2, 0) is 0 Å². The van der Waals surface area contributed by atoms with Crippen molar-refractivity contribution in [3.63, 3.8) is 0 Å². The predicted octanol–water partition coefficient (Wildman–Crippen LogP) is 2.73. The molecule has 1 rings (SSSR count). The molecule has 1 aromatic heterocycles. The van der Waals surface area contributed by atoms with Crippen molar-refractivity contribution in [1.29, 1.82) is 0 Å². The first-order chi connectivity index (χ1) is 6.88. The van der Waals surface area contributed by atoms with Crippen molar-refractivity contribution in [2.75, 3.05) is 23.7 Å². The van der Waals surface area contributed by atoms with Crippen LogP contribution in [0, 0.1) is 0 Å². The van der Waals surface area contributed by atoms with Gasteiger partial charge in [0, 0.05) is 19.3 Å². The minimum Gasteiger partial charge on any atom is -0.382 e. The molecule has 0 amide bonds. The first kappa shape index (κ1) is 10.8. The molecule has 0 saturated heterocycles. The fourth-order valence-electron chi connectivity index (χ4n) is 1.19. The number of rotatable bonds is 6. The Morgan fingerprint density at radius 3 is 2.57 bits per heavy atom. The summed E-state index contributed by atoms with van der Waals surface area (Å²) >= 11 is 0. The summed E-state index contributed by atoms with van der Waals surface area (Å²) in [5, 5.41) is 6.65. The summed E-state index contributed by atoms with van der Waals surface area (Å²) in [5.74, 6) is 0.961. The van der Waals surface area contributed by atoms with Crippen molar-refractivity contribution in [1.82, 2.24) is 4.98 Å². The highest BCUT2D eigenvalue weighted by molar-refractivity contribution is 5.63. The molecule has 3 heteroatoms. The van der Waals surface area contributed by atoms with E-state index in [0.717, 1.165) is 37.4 Å². The fourth-order valence-corrected chi connectivity index (χ4v) is 1.19. The lowest BCUT2D eigenvalue weighted by molar-refractivity contribution is 0.957. The highest BCUT2D eigenvalue weighted by Gasteiger charge is 1.99. The molecule has 0 radical (unpaired) electrons. The Labute approximate surface area is 85.9 Å². The zero-order valence-electron chi connectivity index (χ0n) is 9.01. The fraction of sp³-hybridized carbons (Fsp3) is 0.545. The molecule has 0 saturated carbocycles. The average molecular weight is 193 g/mol. The molecular formula is C11H19N3.